The van der Waals surface area contributed by atoms with Crippen molar-refractivity contribution in [3.63, 3.8) is 0 Å². The van der Waals surface area contributed by atoms with E-state index >= 15 is 0 Å². The smallest absolute Gasteiger partial charge is 0.405 e. The summed E-state index contributed by atoms with van der Waals surface area (Å²) in [6, 6.07) is 3.82. The van der Waals surface area contributed by atoms with E-state index in [1.807, 2.05) is 0 Å². The Kier molecular flexibility index (Phi) is 4.54. The third-order valence-electron chi connectivity index (χ3n) is 2.70. The molecule has 0 spiro atoms. The van der Waals surface area contributed by atoms with E-state index in [1.165, 1.54) is 17.0 Å². The van der Waals surface area contributed by atoms with Crippen LogP contribution < -0.4 is 4.74 Å². The van der Waals surface area contributed by atoms with Crippen LogP contribution in [-0.2, 0) is 4.74 Å². The van der Waals surface area contributed by atoms with Crippen LogP contribution in [0.15, 0.2) is 22.7 Å². The highest BCUT2D eigenvalue weighted by molar-refractivity contribution is 9.10. The van der Waals surface area contributed by atoms with Crippen LogP contribution in [0.25, 0.3) is 0 Å². The van der Waals surface area contributed by atoms with Crippen LogP contribution in [0.3, 0.4) is 0 Å². The molecule has 1 heterocycles. The Morgan fingerprint density at radius 1 is 1.30 bits per heavy atom. The van der Waals surface area contributed by atoms with Gasteiger partial charge in [0.15, 0.2) is 0 Å². The van der Waals surface area contributed by atoms with Gasteiger partial charge in [0.2, 0.25) is 0 Å². The zero-order chi connectivity index (χ0) is 14.8. The molecule has 1 aliphatic heterocycles. The maximum Gasteiger partial charge on any atom is 0.573 e. The van der Waals surface area contributed by atoms with Gasteiger partial charge >= 0.3 is 6.36 Å². The number of halogens is 4. The quantitative estimate of drug-likeness (QED) is 0.820. The minimum Gasteiger partial charge on any atom is -0.405 e. The lowest BCUT2D eigenvalue weighted by Gasteiger charge is -2.27. The van der Waals surface area contributed by atoms with Crippen molar-refractivity contribution in [3.8, 4) is 5.75 Å². The fourth-order valence-corrected chi connectivity index (χ4v) is 2.18. The molecule has 0 aliphatic carbocycles. The highest BCUT2D eigenvalue weighted by atomic mass is 79.9. The third kappa shape index (κ3) is 3.86. The van der Waals surface area contributed by atoms with Crippen molar-refractivity contribution < 1.29 is 27.4 Å². The Morgan fingerprint density at radius 2 is 1.95 bits per heavy atom. The van der Waals surface area contributed by atoms with Gasteiger partial charge in [-0.15, -0.1) is 13.2 Å². The number of hydrogen-bond acceptors (Lipinski definition) is 3. The molecular weight excluding hydrogens is 343 g/mol. The molecule has 1 amide bonds. The largest absolute Gasteiger partial charge is 0.573 e. The molecule has 0 bridgehead atoms. The molecule has 4 nitrogen and oxygen atoms in total. The van der Waals surface area contributed by atoms with E-state index in [0.29, 0.717) is 30.8 Å². The molecule has 1 aromatic rings. The molecule has 1 fully saturated rings. The lowest BCUT2D eigenvalue weighted by molar-refractivity contribution is -0.274. The van der Waals surface area contributed by atoms with Gasteiger partial charge in [0.25, 0.3) is 5.91 Å². The van der Waals surface area contributed by atoms with Crippen molar-refractivity contribution in [1.29, 1.82) is 0 Å². The van der Waals surface area contributed by atoms with E-state index in [9.17, 15) is 18.0 Å². The monoisotopic (exact) mass is 353 g/mol. The SMILES string of the molecule is O=C(c1cc(Br)ccc1OC(F)(F)F)N1CCOCC1. The predicted octanol–water partition coefficient (Wildman–Crippen LogP) is 2.82. The molecule has 2 rings (SSSR count). The summed E-state index contributed by atoms with van der Waals surface area (Å²) in [5.41, 5.74) is -0.126. The van der Waals surface area contributed by atoms with E-state index in [-0.39, 0.29) is 5.56 Å². The summed E-state index contributed by atoms with van der Waals surface area (Å²) in [6.07, 6.45) is -4.84. The Bertz CT molecular complexity index is 501. The van der Waals surface area contributed by atoms with E-state index in [4.69, 9.17) is 4.74 Å². The third-order valence-corrected chi connectivity index (χ3v) is 3.19. The second kappa shape index (κ2) is 6.01. The van der Waals surface area contributed by atoms with Crippen molar-refractivity contribution in [3.05, 3.63) is 28.2 Å². The van der Waals surface area contributed by atoms with Gasteiger partial charge in [-0.2, -0.15) is 0 Å². The maximum absolute atomic E-state index is 12.3. The standard InChI is InChI=1S/C12H11BrF3NO3/c13-8-1-2-10(20-12(14,15)16)9(7-8)11(18)17-3-5-19-6-4-17/h1-2,7H,3-6H2. The first kappa shape index (κ1) is 15.1. The van der Waals surface area contributed by atoms with Crippen molar-refractivity contribution in [2.45, 2.75) is 6.36 Å². The molecule has 0 N–H and O–H groups in total. The Labute approximate surface area is 121 Å². The minimum absolute atomic E-state index is 0.126. The van der Waals surface area contributed by atoms with E-state index in [2.05, 4.69) is 20.7 Å². The number of nitrogens with zero attached hydrogens (tertiary/aromatic N) is 1. The number of amides is 1. The summed E-state index contributed by atoms with van der Waals surface area (Å²) in [5.74, 6) is -1.01. The van der Waals surface area contributed by atoms with E-state index in [0.717, 1.165) is 6.07 Å². The van der Waals surface area contributed by atoms with Gasteiger partial charge in [-0.1, -0.05) is 15.9 Å². The number of morpholine rings is 1. The number of alkyl halides is 3. The van der Waals surface area contributed by atoms with Crippen LogP contribution in [0, 0.1) is 0 Å². The van der Waals surface area contributed by atoms with E-state index in [1.54, 1.807) is 0 Å². The average Bonchev–Trinajstić information content (AvgIpc) is 2.39. The number of ether oxygens (including phenoxy) is 2. The number of rotatable bonds is 2. The first-order valence-corrected chi connectivity index (χ1v) is 6.58. The van der Waals surface area contributed by atoms with Gasteiger partial charge in [0.1, 0.15) is 5.75 Å². The first-order chi connectivity index (χ1) is 9.37. The fraction of sp³-hybridized carbons (Fsp3) is 0.417. The van der Waals surface area contributed by atoms with E-state index < -0.39 is 18.0 Å². The molecule has 0 atom stereocenters. The fourth-order valence-electron chi connectivity index (χ4n) is 1.82. The van der Waals surface area contributed by atoms with Crippen LogP contribution in [-0.4, -0.2) is 43.5 Å². The topological polar surface area (TPSA) is 38.8 Å². The summed E-state index contributed by atoms with van der Waals surface area (Å²) >= 11 is 3.14. The van der Waals surface area contributed by atoms with Crippen LogP contribution >= 0.6 is 15.9 Å². The number of carbonyl (C=O) groups excluding carboxylic acids is 1. The lowest BCUT2D eigenvalue weighted by atomic mass is 10.1. The molecule has 1 aliphatic rings. The summed E-state index contributed by atoms with van der Waals surface area (Å²) in [4.78, 5) is 13.7. The minimum atomic E-state index is -4.84. The van der Waals surface area contributed by atoms with Crippen LogP contribution in [0.1, 0.15) is 10.4 Å². The zero-order valence-electron chi connectivity index (χ0n) is 10.2. The molecule has 1 aromatic carbocycles. The maximum atomic E-state index is 12.3. The number of hydrogen-bond donors (Lipinski definition) is 0. The van der Waals surface area contributed by atoms with Crippen LogP contribution in [0.2, 0.25) is 0 Å². The zero-order valence-corrected chi connectivity index (χ0v) is 11.8. The first-order valence-electron chi connectivity index (χ1n) is 5.79. The van der Waals surface area contributed by atoms with Crippen molar-refractivity contribution >= 4 is 21.8 Å². The predicted molar refractivity (Wildman–Crippen MR) is 67.5 cm³/mol. The normalized spacial score (nSPS) is 16.1. The molecule has 1 saturated heterocycles. The molecule has 0 radical (unpaired) electrons. The van der Waals surface area contributed by atoms with Gasteiger partial charge < -0.3 is 14.4 Å². The Morgan fingerprint density at radius 3 is 2.55 bits per heavy atom. The molecule has 8 heteroatoms. The average molecular weight is 354 g/mol. The second-order valence-corrected chi connectivity index (χ2v) is 5.01. The van der Waals surface area contributed by atoms with Gasteiger partial charge in [-0.05, 0) is 18.2 Å². The van der Waals surface area contributed by atoms with Crippen molar-refractivity contribution in [1.82, 2.24) is 4.90 Å². The second-order valence-electron chi connectivity index (χ2n) is 4.09. The van der Waals surface area contributed by atoms with Crippen LogP contribution in [0.5, 0.6) is 5.75 Å². The Hall–Kier alpha value is -1.28. The molecular formula is C12H11BrF3NO3. The highest BCUT2D eigenvalue weighted by Crippen LogP contribution is 2.29. The molecule has 0 saturated carbocycles. The molecule has 0 unspecified atom stereocenters. The van der Waals surface area contributed by atoms with Crippen molar-refractivity contribution in [2.75, 3.05) is 26.3 Å². The van der Waals surface area contributed by atoms with Crippen LogP contribution in [0.4, 0.5) is 13.2 Å². The Balaban J connectivity index is 2.28. The van der Waals surface area contributed by atoms with Gasteiger partial charge in [-0.3, -0.25) is 4.79 Å². The summed E-state index contributed by atoms with van der Waals surface area (Å²) in [5, 5.41) is 0. The van der Waals surface area contributed by atoms with Gasteiger partial charge in [0.05, 0.1) is 18.8 Å². The van der Waals surface area contributed by atoms with Gasteiger partial charge in [0, 0.05) is 17.6 Å². The molecule has 20 heavy (non-hydrogen) atoms. The summed E-state index contributed by atoms with van der Waals surface area (Å²) < 4.78 is 46.6. The molecule has 0 aromatic heterocycles. The molecule has 110 valence electrons. The lowest BCUT2D eigenvalue weighted by Crippen LogP contribution is -2.41. The van der Waals surface area contributed by atoms with Crippen molar-refractivity contribution in [2.24, 2.45) is 0 Å². The van der Waals surface area contributed by atoms with Gasteiger partial charge in [-0.25, -0.2) is 0 Å². The number of carbonyl (C=O) groups is 1. The summed E-state index contributed by atoms with van der Waals surface area (Å²) in [7, 11) is 0. The highest BCUT2D eigenvalue weighted by Gasteiger charge is 2.33. The summed E-state index contributed by atoms with van der Waals surface area (Å²) in [6.45, 7) is 1.43. The number of benzene rings is 1.